The van der Waals surface area contributed by atoms with Crippen molar-refractivity contribution >= 4 is 17.4 Å². The fraction of sp³-hybridized carbons (Fsp3) is 0.217. The molecule has 1 saturated heterocycles. The van der Waals surface area contributed by atoms with E-state index in [1.54, 1.807) is 43.5 Å². The molecule has 1 unspecified atom stereocenters. The number of hydrogen-bond donors (Lipinski definition) is 1. The minimum atomic E-state index is -0.753. The van der Waals surface area contributed by atoms with E-state index in [1.807, 2.05) is 23.3 Å². The predicted molar refractivity (Wildman–Crippen MR) is 109 cm³/mol. The number of benzene rings is 1. The number of nitrogens with zero attached hydrogens (tertiary/aromatic N) is 3. The van der Waals surface area contributed by atoms with Gasteiger partial charge >= 0.3 is 0 Å². The van der Waals surface area contributed by atoms with Crippen molar-refractivity contribution in [1.82, 2.24) is 14.9 Å². The average molecular weight is 418 g/mol. The molecule has 158 valence electrons. The molecule has 2 aromatic heterocycles. The molecule has 3 aromatic rings. The van der Waals surface area contributed by atoms with Gasteiger partial charge in [0.1, 0.15) is 18.1 Å². The molecule has 1 fully saturated rings. The summed E-state index contributed by atoms with van der Waals surface area (Å²) in [5.41, 5.74) is 0.983. The lowest BCUT2D eigenvalue weighted by Crippen LogP contribution is -2.36. The van der Waals surface area contributed by atoms with Gasteiger partial charge in [0.15, 0.2) is 0 Å². The zero-order valence-corrected chi connectivity index (χ0v) is 17.0. The Labute approximate surface area is 179 Å². The van der Waals surface area contributed by atoms with E-state index in [2.05, 4.69) is 9.97 Å². The fourth-order valence-electron chi connectivity index (χ4n) is 3.78. The first-order valence-electron chi connectivity index (χ1n) is 9.93. The molecular formula is C23H22N4O4. The van der Waals surface area contributed by atoms with Gasteiger partial charge in [-0.3, -0.25) is 19.6 Å². The maximum absolute atomic E-state index is 13.2. The van der Waals surface area contributed by atoms with E-state index >= 15 is 0 Å². The van der Waals surface area contributed by atoms with Gasteiger partial charge in [-0.2, -0.15) is 0 Å². The molecule has 8 nitrogen and oxygen atoms in total. The van der Waals surface area contributed by atoms with Crippen molar-refractivity contribution in [2.75, 3.05) is 13.7 Å². The molecule has 1 N–H and O–H groups in total. The number of hydrogen-bond acceptors (Lipinski definition) is 5. The third kappa shape index (κ3) is 4.05. The lowest BCUT2D eigenvalue weighted by molar-refractivity contribution is -0.695. The van der Waals surface area contributed by atoms with Crippen molar-refractivity contribution in [3.05, 3.63) is 84.2 Å². The smallest absolute Gasteiger partial charge is 0.295 e. The Kier molecular flexibility index (Phi) is 5.79. The van der Waals surface area contributed by atoms with Gasteiger partial charge in [0.05, 0.1) is 19.7 Å². The van der Waals surface area contributed by atoms with Gasteiger partial charge in [0.2, 0.25) is 12.1 Å². The van der Waals surface area contributed by atoms with Crippen molar-refractivity contribution in [1.29, 1.82) is 0 Å². The number of carbonyl (C=O) groups excluding carboxylic acids is 2. The molecule has 1 atom stereocenters. The zero-order chi connectivity index (χ0) is 21.8. The van der Waals surface area contributed by atoms with Crippen LogP contribution in [-0.4, -0.2) is 40.2 Å². The van der Waals surface area contributed by atoms with E-state index < -0.39 is 23.5 Å². The minimum Gasteiger partial charge on any atom is -0.872 e. The number of carbonyl (C=O) groups is 2. The second-order valence-corrected chi connectivity index (χ2v) is 7.18. The number of amides is 1. The summed E-state index contributed by atoms with van der Waals surface area (Å²) in [7, 11) is 1.56. The number of aromatic nitrogens is 3. The number of rotatable bonds is 7. The molecule has 0 spiro atoms. The summed E-state index contributed by atoms with van der Waals surface area (Å²) in [5.74, 6) is -1.21. The monoisotopic (exact) mass is 418 g/mol. The van der Waals surface area contributed by atoms with Gasteiger partial charge in [0.25, 0.3) is 5.91 Å². The first-order valence-corrected chi connectivity index (χ1v) is 9.93. The standard InChI is InChI=1S/C23H22N4O4/c1-31-18-5-3-16(4-6-18)20-19(21(28)17-7-9-24-10-8-17)22(29)23(30)27(20)13-2-12-26-14-11-25-15-26/h3-11,14-15,20H,2,12-13H2,1H3,(H,28,29). The average Bonchev–Trinajstić information content (AvgIpc) is 3.41. The number of Topliss-reactive ketones (excluding diaryl/α,β-unsaturated/α-hetero) is 1. The summed E-state index contributed by atoms with van der Waals surface area (Å²) in [6.45, 7) is 1.01. The summed E-state index contributed by atoms with van der Waals surface area (Å²) < 4.78 is 7.17. The molecule has 1 aliphatic rings. The normalized spacial score (nSPS) is 17.8. The summed E-state index contributed by atoms with van der Waals surface area (Å²) in [6.07, 6.45) is 9.13. The molecular weight excluding hydrogens is 396 g/mol. The molecule has 1 aromatic carbocycles. The Hall–Kier alpha value is -3.94. The van der Waals surface area contributed by atoms with E-state index in [9.17, 15) is 14.7 Å². The number of methoxy groups -OCH3 is 1. The predicted octanol–water partition coefficient (Wildman–Crippen LogP) is 1.02. The third-order valence-electron chi connectivity index (χ3n) is 5.32. The van der Waals surface area contributed by atoms with Gasteiger partial charge in [-0.1, -0.05) is 17.9 Å². The van der Waals surface area contributed by atoms with Crippen LogP contribution in [-0.2, 0) is 16.1 Å². The van der Waals surface area contributed by atoms with Gasteiger partial charge < -0.3 is 14.7 Å². The highest BCUT2D eigenvalue weighted by Gasteiger charge is 2.43. The Morgan fingerprint density at radius 1 is 1.19 bits per heavy atom. The van der Waals surface area contributed by atoms with Crippen molar-refractivity contribution in [3.63, 3.8) is 0 Å². The number of pyridine rings is 1. The van der Waals surface area contributed by atoms with Crippen molar-refractivity contribution in [2.45, 2.75) is 19.0 Å². The summed E-state index contributed by atoms with van der Waals surface area (Å²) in [6, 6.07) is 9.41. The number of ketones is 1. The first-order chi connectivity index (χ1) is 15.1. The highest BCUT2D eigenvalue weighted by molar-refractivity contribution is 6.46. The van der Waals surface area contributed by atoms with Crippen LogP contribution in [0, 0.1) is 0 Å². The minimum absolute atomic E-state index is 0.0318. The second kappa shape index (κ2) is 8.83. The summed E-state index contributed by atoms with van der Waals surface area (Å²) in [4.78, 5) is 34.2. The van der Waals surface area contributed by atoms with E-state index in [1.165, 1.54) is 17.3 Å². The largest absolute Gasteiger partial charge is 0.872 e. The van der Waals surface area contributed by atoms with Gasteiger partial charge in [-0.15, -0.1) is 0 Å². The molecule has 1 aliphatic heterocycles. The quantitative estimate of drug-likeness (QED) is 0.267. The van der Waals surface area contributed by atoms with Crippen LogP contribution in [0.3, 0.4) is 0 Å². The Morgan fingerprint density at radius 2 is 1.94 bits per heavy atom. The third-order valence-corrected chi connectivity index (χ3v) is 5.32. The molecule has 4 rings (SSSR count). The van der Waals surface area contributed by atoms with Gasteiger partial charge in [0, 0.05) is 30.9 Å². The van der Waals surface area contributed by atoms with Crippen LogP contribution < -0.4 is 14.4 Å². The molecule has 1 amide bonds. The van der Waals surface area contributed by atoms with E-state index in [-0.39, 0.29) is 5.57 Å². The number of aromatic amines is 1. The summed E-state index contributed by atoms with van der Waals surface area (Å²) >= 11 is 0. The van der Waals surface area contributed by atoms with Crippen LogP contribution in [0.25, 0.3) is 5.76 Å². The van der Waals surface area contributed by atoms with Crippen LogP contribution in [0.4, 0.5) is 0 Å². The van der Waals surface area contributed by atoms with Crippen LogP contribution >= 0.6 is 0 Å². The molecule has 3 heterocycles. The SMILES string of the molecule is COc1ccc(C2C(=C([O-])c3ccncc3)C(=O)C(=O)N2CCC[n+]2cc[nH]c2)cc1. The van der Waals surface area contributed by atoms with Crippen LogP contribution in [0.1, 0.15) is 23.6 Å². The van der Waals surface area contributed by atoms with Crippen LogP contribution in [0.5, 0.6) is 5.75 Å². The molecule has 0 saturated carbocycles. The molecule has 0 radical (unpaired) electrons. The molecule has 8 heteroatoms. The maximum Gasteiger partial charge on any atom is 0.295 e. The van der Waals surface area contributed by atoms with Gasteiger partial charge in [-0.05, 0) is 35.4 Å². The fourth-order valence-corrected chi connectivity index (χ4v) is 3.78. The van der Waals surface area contributed by atoms with Crippen molar-refractivity contribution in [3.8, 4) is 5.75 Å². The van der Waals surface area contributed by atoms with E-state index in [4.69, 9.17) is 4.74 Å². The van der Waals surface area contributed by atoms with E-state index in [0.29, 0.717) is 36.4 Å². The summed E-state index contributed by atoms with van der Waals surface area (Å²) in [5, 5.41) is 13.2. The number of likely N-dealkylation sites (tertiary alicyclic amines) is 1. The van der Waals surface area contributed by atoms with Crippen molar-refractivity contribution in [2.24, 2.45) is 0 Å². The van der Waals surface area contributed by atoms with Gasteiger partial charge in [-0.25, -0.2) is 4.57 Å². The number of ether oxygens (including phenoxy) is 1. The lowest BCUT2D eigenvalue weighted by atomic mass is 9.95. The molecule has 0 aliphatic carbocycles. The first kappa shape index (κ1) is 20.3. The topological polar surface area (TPSA) is 102 Å². The number of aryl methyl sites for hydroxylation is 1. The van der Waals surface area contributed by atoms with Crippen molar-refractivity contribution < 1.29 is 24.0 Å². The second-order valence-electron chi connectivity index (χ2n) is 7.18. The zero-order valence-electron chi connectivity index (χ0n) is 17.0. The van der Waals surface area contributed by atoms with Crippen LogP contribution in [0.2, 0.25) is 0 Å². The number of imidazole rings is 1. The molecule has 0 bridgehead atoms. The highest BCUT2D eigenvalue weighted by atomic mass is 16.5. The maximum atomic E-state index is 13.2. The Balaban J connectivity index is 1.72. The van der Waals surface area contributed by atoms with E-state index in [0.717, 1.165) is 0 Å². The Morgan fingerprint density at radius 3 is 2.58 bits per heavy atom. The number of H-pyrrole nitrogens is 1. The Bertz CT molecular complexity index is 1090. The van der Waals surface area contributed by atoms with Crippen LogP contribution in [0.15, 0.2) is 73.1 Å². The lowest BCUT2D eigenvalue weighted by Gasteiger charge is -2.27. The molecule has 31 heavy (non-hydrogen) atoms. The highest BCUT2D eigenvalue weighted by Crippen LogP contribution is 2.39. The number of nitrogens with one attached hydrogen (secondary N) is 1.